The number of nitro benzene ring substituents is 2. The van der Waals surface area contributed by atoms with Crippen LogP contribution in [0.5, 0.6) is 11.5 Å². The van der Waals surface area contributed by atoms with Gasteiger partial charge in [0.2, 0.25) is 0 Å². The van der Waals surface area contributed by atoms with E-state index in [1.807, 2.05) is 0 Å². The van der Waals surface area contributed by atoms with E-state index >= 15 is 0 Å². The van der Waals surface area contributed by atoms with Gasteiger partial charge in [0.15, 0.2) is 0 Å². The Morgan fingerprint density at radius 2 is 1.04 bits per heavy atom. The van der Waals surface area contributed by atoms with Crippen LogP contribution in [0.1, 0.15) is 31.8 Å². The second-order valence-electron chi connectivity index (χ2n) is 8.72. The summed E-state index contributed by atoms with van der Waals surface area (Å²) in [4.78, 5) is 45.0. The second-order valence-corrected chi connectivity index (χ2v) is 10.4. The van der Waals surface area contributed by atoms with Gasteiger partial charge in [-0.05, 0) is 80.4 Å². The zero-order chi connectivity index (χ0) is 33.6. The largest absolute Gasteiger partial charge is 0.497 e. The van der Waals surface area contributed by atoms with Crippen LogP contribution < -0.4 is 20.3 Å². The lowest BCUT2D eigenvalue weighted by Gasteiger charge is -2.05. The number of nitrogens with one attached hydrogen (secondary N) is 2. The van der Waals surface area contributed by atoms with Gasteiger partial charge >= 0.3 is 0 Å². The average Bonchev–Trinajstić information content (AvgIpc) is 3.05. The molecule has 0 bridgehead atoms. The van der Waals surface area contributed by atoms with Crippen molar-refractivity contribution in [2.45, 2.75) is 0 Å². The van der Waals surface area contributed by atoms with Crippen LogP contribution >= 0.6 is 31.9 Å². The third-order valence-electron chi connectivity index (χ3n) is 5.84. The molecule has 4 aromatic carbocycles. The maximum Gasteiger partial charge on any atom is 0.278 e. The van der Waals surface area contributed by atoms with Gasteiger partial charge in [0.1, 0.15) is 11.5 Å². The third-order valence-corrected chi connectivity index (χ3v) is 7.23. The molecule has 0 atom stereocenters. The summed E-state index contributed by atoms with van der Waals surface area (Å²) in [5, 5.41) is 29.3. The Morgan fingerprint density at radius 1 is 0.674 bits per heavy atom. The Hall–Kier alpha value is -5.48. The van der Waals surface area contributed by atoms with Crippen LogP contribution in [0.4, 0.5) is 11.4 Å². The highest BCUT2D eigenvalue weighted by atomic mass is 79.9. The topological polar surface area (TPSA) is 188 Å². The first kappa shape index (κ1) is 35.0. The summed E-state index contributed by atoms with van der Waals surface area (Å²) in [7, 11) is 3.00. The molecule has 0 spiro atoms. The fourth-order valence-electron chi connectivity index (χ4n) is 3.58. The lowest BCUT2D eigenvalue weighted by atomic mass is 10.2. The summed E-state index contributed by atoms with van der Waals surface area (Å²) < 4.78 is 11.3. The fraction of sp³-hybridized carbons (Fsp3) is 0.0667. The monoisotopic (exact) mass is 754 g/mol. The van der Waals surface area contributed by atoms with Gasteiger partial charge in [-0.2, -0.15) is 10.2 Å². The summed E-state index contributed by atoms with van der Waals surface area (Å²) in [6.45, 7) is 0. The smallest absolute Gasteiger partial charge is 0.278 e. The molecule has 2 amide bonds. The Kier molecular flexibility index (Phi) is 13.0. The van der Waals surface area contributed by atoms with E-state index in [4.69, 9.17) is 9.47 Å². The number of amides is 2. The van der Waals surface area contributed by atoms with Gasteiger partial charge in [-0.25, -0.2) is 10.9 Å². The summed E-state index contributed by atoms with van der Waals surface area (Å²) in [5.74, 6) is 0.123. The Labute approximate surface area is 278 Å². The highest BCUT2D eigenvalue weighted by Gasteiger charge is 2.14. The molecule has 0 aliphatic heterocycles. The molecular formula is C30H24Br2N6O8. The standard InChI is InChI=1S/2C15H12BrN3O4/c2*1-23-11-6-7-13(16)12(8-11)15(20)18-17-9-10-4-2-3-5-14(10)19(21)22/h2*2-9H,1H3,(H,18,20)/b2*17-9+. The van der Waals surface area contributed by atoms with Gasteiger partial charge in [0, 0.05) is 21.1 Å². The average molecular weight is 756 g/mol. The summed E-state index contributed by atoms with van der Waals surface area (Å²) >= 11 is 6.54. The minimum atomic E-state index is -0.512. The lowest BCUT2D eigenvalue weighted by Crippen LogP contribution is -2.18. The number of nitrogens with zero attached hydrogens (tertiary/aromatic N) is 4. The molecule has 0 radical (unpaired) electrons. The first-order valence-corrected chi connectivity index (χ1v) is 14.4. The van der Waals surface area contributed by atoms with Crippen LogP contribution in [-0.4, -0.2) is 48.3 Å². The Bertz CT molecular complexity index is 1690. The SMILES string of the molecule is COc1ccc(Br)c(C(=O)N/N=C/c2ccccc2[N+](=O)[O-])c1.COc1ccc(Br)c(C(=O)N/N=C/c2ccccc2[N+](=O)[O-])c1. The highest BCUT2D eigenvalue weighted by Crippen LogP contribution is 2.23. The minimum Gasteiger partial charge on any atom is -0.497 e. The minimum absolute atomic E-state index is 0.0898. The first-order chi connectivity index (χ1) is 22.0. The van der Waals surface area contributed by atoms with Crippen molar-refractivity contribution in [1.82, 2.24) is 10.9 Å². The number of hydrogen-bond donors (Lipinski definition) is 2. The Balaban J connectivity index is 0.000000250. The fourth-order valence-corrected chi connectivity index (χ4v) is 4.43. The molecule has 4 aromatic rings. The number of halogens is 2. The van der Waals surface area contributed by atoms with E-state index in [-0.39, 0.29) is 11.4 Å². The van der Waals surface area contributed by atoms with Crippen molar-refractivity contribution in [2.24, 2.45) is 10.2 Å². The van der Waals surface area contributed by atoms with Crippen LogP contribution in [0.15, 0.2) is 104 Å². The van der Waals surface area contributed by atoms with Crippen LogP contribution in [0.2, 0.25) is 0 Å². The van der Waals surface area contributed by atoms with Crippen molar-refractivity contribution in [3.63, 3.8) is 0 Å². The van der Waals surface area contributed by atoms with Crippen LogP contribution in [0.3, 0.4) is 0 Å². The number of para-hydroxylation sites is 2. The number of ether oxygens (including phenoxy) is 2. The molecule has 0 heterocycles. The van der Waals surface area contributed by atoms with Gasteiger partial charge < -0.3 is 9.47 Å². The van der Waals surface area contributed by atoms with Crippen molar-refractivity contribution in [2.75, 3.05) is 14.2 Å². The number of hydrazone groups is 2. The number of methoxy groups -OCH3 is 2. The van der Waals surface area contributed by atoms with Gasteiger partial charge in [-0.3, -0.25) is 29.8 Å². The zero-order valence-electron chi connectivity index (χ0n) is 24.0. The number of rotatable bonds is 10. The molecule has 0 fully saturated rings. The molecule has 236 valence electrons. The zero-order valence-corrected chi connectivity index (χ0v) is 27.2. The van der Waals surface area contributed by atoms with Gasteiger partial charge in [-0.15, -0.1) is 0 Å². The van der Waals surface area contributed by atoms with Crippen LogP contribution in [-0.2, 0) is 0 Å². The van der Waals surface area contributed by atoms with Crippen molar-refractivity contribution >= 4 is 67.5 Å². The molecular weight excluding hydrogens is 732 g/mol. The molecule has 2 N–H and O–H groups in total. The molecule has 0 saturated carbocycles. The van der Waals surface area contributed by atoms with E-state index in [1.165, 1.54) is 50.9 Å². The molecule has 0 aromatic heterocycles. The first-order valence-electron chi connectivity index (χ1n) is 12.9. The summed E-state index contributed by atoms with van der Waals surface area (Å²) in [5.41, 5.74) is 5.74. The molecule has 46 heavy (non-hydrogen) atoms. The number of benzene rings is 4. The number of nitro groups is 2. The maximum atomic E-state index is 12.1. The van der Waals surface area contributed by atoms with Crippen molar-refractivity contribution in [3.8, 4) is 11.5 Å². The van der Waals surface area contributed by atoms with E-state index in [0.717, 1.165) is 0 Å². The molecule has 0 saturated heterocycles. The normalized spacial score (nSPS) is 10.5. The molecule has 16 heteroatoms. The van der Waals surface area contributed by atoms with Crippen molar-refractivity contribution in [1.29, 1.82) is 0 Å². The molecule has 4 rings (SSSR count). The van der Waals surface area contributed by atoms with E-state index in [9.17, 15) is 29.8 Å². The second kappa shape index (κ2) is 17.1. The van der Waals surface area contributed by atoms with E-state index in [0.29, 0.717) is 42.7 Å². The molecule has 0 aliphatic carbocycles. The van der Waals surface area contributed by atoms with Crippen molar-refractivity contribution in [3.05, 3.63) is 136 Å². The van der Waals surface area contributed by atoms with Crippen LogP contribution in [0, 0.1) is 20.2 Å². The van der Waals surface area contributed by atoms with Gasteiger partial charge in [0.25, 0.3) is 23.2 Å². The van der Waals surface area contributed by atoms with Gasteiger partial charge in [0.05, 0.1) is 58.7 Å². The molecule has 14 nitrogen and oxygen atoms in total. The van der Waals surface area contributed by atoms with E-state index in [1.54, 1.807) is 60.7 Å². The molecule has 0 aliphatic rings. The van der Waals surface area contributed by atoms with Crippen LogP contribution in [0.25, 0.3) is 0 Å². The quantitative estimate of drug-likeness (QED) is 0.108. The Morgan fingerprint density at radius 3 is 1.39 bits per heavy atom. The van der Waals surface area contributed by atoms with E-state index < -0.39 is 21.7 Å². The van der Waals surface area contributed by atoms with Crippen molar-refractivity contribution < 1.29 is 28.9 Å². The third kappa shape index (κ3) is 9.76. The lowest BCUT2D eigenvalue weighted by molar-refractivity contribution is -0.385. The molecule has 0 unspecified atom stereocenters. The number of carbonyl (C=O) groups is 2. The number of hydrogen-bond acceptors (Lipinski definition) is 10. The van der Waals surface area contributed by atoms with Gasteiger partial charge in [-0.1, -0.05) is 24.3 Å². The predicted octanol–water partition coefficient (Wildman–Crippen LogP) is 6.26. The predicted molar refractivity (Wildman–Crippen MR) is 178 cm³/mol. The number of carbonyl (C=O) groups excluding carboxylic acids is 2. The maximum absolute atomic E-state index is 12.1. The summed E-state index contributed by atoms with van der Waals surface area (Å²) in [6.07, 6.45) is 2.45. The summed E-state index contributed by atoms with van der Waals surface area (Å²) in [6, 6.07) is 22.1. The van der Waals surface area contributed by atoms with E-state index in [2.05, 4.69) is 52.9 Å². The highest BCUT2D eigenvalue weighted by molar-refractivity contribution is 9.10.